The van der Waals surface area contributed by atoms with Gasteiger partial charge in [-0.3, -0.25) is 9.59 Å². The number of hydrogen-bond donors (Lipinski definition) is 2. The molecule has 0 aromatic heterocycles. The summed E-state index contributed by atoms with van der Waals surface area (Å²) in [6, 6.07) is 10.0. The third-order valence-corrected chi connectivity index (χ3v) is 5.47. The quantitative estimate of drug-likeness (QED) is 0.725. The molecule has 27 heavy (non-hydrogen) atoms. The Morgan fingerprint density at radius 2 is 1.52 bits per heavy atom. The molecule has 4 nitrogen and oxygen atoms in total. The Bertz CT molecular complexity index is 681. The molecule has 0 fully saturated rings. The van der Waals surface area contributed by atoms with Crippen LogP contribution in [-0.2, 0) is 16.0 Å². The van der Waals surface area contributed by atoms with Crippen molar-refractivity contribution < 1.29 is 9.59 Å². The van der Waals surface area contributed by atoms with Gasteiger partial charge < -0.3 is 10.6 Å². The molecule has 2 N–H and O–H groups in total. The first-order valence-corrected chi connectivity index (χ1v) is 10.1. The van der Waals surface area contributed by atoms with Crippen LogP contribution in [0.5, 0.6) is 0 Å². The maximum atomic E-state index is 12.7. The molecule has 1 aromatic rings. The minimum absolute atomic E-state index is 0.0486. The molecule has 144 valence electrons. The Kier molecular flexibility index (Phi) is 7.26. The van der Waals surface area contributed by atoms with E-state index in [2.05, 4.69) is 47.1 Å². The average Bonchev–Trinajstić information content (AvgIpc) is 2.73. The maximum Gasteiger partial charge on any atom is 0.223 e. The molecule has 3 atom stereocenters. The van der Waals surface area contributed by atoms with E-state index in [4.69, 9.17) is 0 Å². The minimum atomic E-state index is -0.0890. The summed E-state index contributed by atoms with van der Waals surface area (Å²) < 4.78 is 0. The Balaban J connectivity index is 1.58. The van der Waals surface area contributed by atoms with Crippen molar-refractivity contribution in [2.45, 2.75) is 51.0 Å². The number of hydrogen-bond acceptors (Lipinski definition) is 2. The zero-order chi connectivity index (χ0) is 18.9. The summed E-state index contributed by atoms with van der Waals surface area (Å²) in [6.07, 6.45) is 14.6. The van der Waals surface area contributed by atoms with E-state index in [1.807, 2.05) is 18.2 Å². The van der Waals surface area contributed by atoms with Crippen LogP contribution in [0.3, 0.4) is 0 Å². The van der Waals surface area contributed by atoms with Gasteiger partial charge in [-0.1, -0.05) is 54.6 Å². The summed E-state index contributed by atoms with van der Waals surface area (Å²) in [6.45, 7) is 0.474. The fraction of sp³-hybridized carbons (Fsp3) is 0.478. The first kappa shape index (κ1) is 19.4. The van der Waals surface area contributed by atoms with Crippen LogP contribution < -0.4 is 10.6 Å². The summed E-state index contributed by atoms with van der Waals surface area (Å²) >= 11 is 0. The van der Waals surface area contributed by atoms with E-state index in [0.29, 0.717) is 6.54 Å². The van der Waals surface area contributed by atoms with Crippen molar-refractivity contribution in [1.82, 2.24) is 10.6 Å². The summed E-state index contributed by atoms with van der Waals surface area (Å²) in [5, 5.41) is 6.27. The Morgan fingerprint density at radius 1 is 0.889 bits per heavy atom. The highest BCUT2D eigenvalue weighted by molar-refractivity contribution is 5.80. The van der Waals surface area contributed by atoms with E-state index >= 15 is 0 Å². The highest BCUT2D eigenvalue weighted by Crippen LogP contribution is 2.19. The van der Waals surface area contributed by atoms with Crippen LogP contribution in [0.2, 0.25) is 0 Å². The second kappa shape index (κ2) is 10.1. The van der Waals surface area contributed by atoms with Crippen LogP contribution in [0.15, 0.2) is 54.6 Å². The molecular formula is C23H30N2O2. The number of carbonyl (C=O) groups is 2. The molecule has 4 heteroatoms. The summed E-state index contributed by atoms with van der Waals surface area (Å²) in [7, 11) is 0. The molecule has 0 radical (unpaired) electrons. The molecule has 0 saturated carbocycles. The van der Waals surface area contributed by atoms with E-state index < -0.39 is 0 Å². The average molecular weight is 367 g/mol. The monoisotopic (exact) mass is 366 g/mol. The SMILES string of the molecule is O=C(NC[C@H](Cc1ccccc1)NC(=O)[C@@H]1CC=CCC1)[C@H]1CC=CCC1. The lowest BCUT2D eigenvalue weighted by Crippen LogP contribution is -2.48. The van der Waals surface area contributed by atoms with Crippen molar-refractivity contribution in [1.29, 1.82) is 0 Å². The van der Waals surface area contributed by atoms with Gasteiger partial charge in [-0.05, 0) is 50.5 Å². The normalized spacial score (nSPS) is 22.8. The van der Waals surface area contributed by atoms with Gasteiger partial charge in [-0.25, -0.2) is 0 Å². The number of benzene rings is 1. The van der Waals surface area contributed by atoms with Crippen molar-refractivity contribution in [3.8, 4) is 0 Å². The van der Waals surface area contributed by atoms with Gasteiger partial charge in [-0.2, -0.15) is 0 Å². The number of rotatable bonds is 7. The number of allylic oxidation sites excluding steroid dienone is 4. The van der Waals surface area contributed by atoms with E-state index in [1.165, 1.54) is 5.56 Å². The third kappa shape index (κ3) is 6.09. The largest absolute Gasteiger partial charge is 0.354 e. The topological polar surface area (TPSA) is 58.2 Å². The van der Waals surface area contributed by atoms with Gasteiger partial charge >= 0.3 is 0 Å². The van der Waals surface area contributed by atoms with Crippen LogP contribution in [0.1, 0.15) is 44.1 Å². The molecule has 2 aliphatic rings. The zero-order valence-corrected chi connectivity index (χ0v) is 15.9. The fourth-order valence-corrected chi connectivity index (χ4v) is 3.82. The molecule has 0 saturated heterocycles. The predicted molar refractivity (Wildman–Crippen MR) is 108 cm³/mol. The first-order valence-electron chi connectivity index (χ1n) is 10.1. The summed E-state index contributed by atoms with van der Waals surface area (Å²) in [5.74, 6) is 0.321. The summed E-state index contributed by atoms with van der Waals surface area (Å²) in [4.78, 5) is 25.2. The van der Waals surface area contributed by atoms with Crippen LogP contribution in [0.4, 0.5) is 0 Å². The van der Waals surface area contributed by atoms with E-state index in [1.54, 1.807) is 0 Å². The first-order chi connectivity index (χ1) is 13.2. The Hall–Kier alpha value is -2.36. The molecule has 0 unspecified atom stereocenters. The van der Waals surface area contributed by atoms with Gasteiger partial charge in [0.2, 0.25) is 11.8 Å². The lowest BCUT2D eigenvalue weighted by atomic mass is 9.92. The standard InChI is InChI=1S/C23H30N2O2/c26-22(19-12-6-2-7-13-19)24-17-21(16-18-10-4-1-5-11-18)25-23(27)20-14-8-3-9-15-20/h1-6,8,10-11,19-21H,7,9,12-17H2,(H,24,26)(H,25,27)/t19-,20+,21-/m0/s1. The lowest BCUT2D eigenvalue weighted by Gasteiger charge is -2.25. The minimum Gasteiger partial charge on any atom is -0.354 e. The molecule has 0 spiro atoms. The molecular weight excluding hydrogens is 336 g/mol. The van der Waals surface area contributed by atoms with Crippen LogP contribution in [0.25, 0.3) is 0 Å². The van der Waals surface area contributed by atoms with Gasteiger partial charge in [0, 0.05) is 18.4 Å². The van der Waals surface area contributed by atoms with Crippen molar-refractivity contribution in [3.63, 3.8) is 0 Å². The number of nitrogens with one attached hydrogen (secondary N) is 2. The lowest BCUT2D eigenvalue weighted by molar-refractivity contribution is -0.127. The van der Waals surface area contributed by atoms with Crippen LogP contribution in [0, 0.1) is 11.8 Å². The third-order valence-electron chi connectivity index (χ3n) is 5.47. The molecule has 2 aliphatic carbocycles. The van der Waals surface area contributed by atoms with Crippen molar-refractivity contribution >= 4 is 11.8 Å². The molecule has 0 heterocycles. The zero-order valence-electron chi connectivity index (χ0n) is 15.9. The highest BCUT2D eigenvalue weighted by Gasteiger charge is 2.24. The second-order valence-corrected chi connectivity index (χ2v) is 7.60. The maximum absolute atomic E-state index is 12.7. The van der Waals surface area contributed by atoms with Gasteiger partial charge in [0.05, 0.1) is 6.04 Å². The fourth-order valence-electron chi connectivity index (χ4n) is 3.82. The molecule has 3 rings (SSSR count). The van der Waals surface area contributed by atoms with Gasteiger partial charge in [-0.15, -0.1) is 0 Å². The second-order valence-electron chi connectivity index (χ2n) is 7.60. The van der Waals surface area contributed by atoms with E-state index in [9.17, 15) is 9.59 Å². The highest BCUT2D eigenvalue weighted by atomic mass is 16.2. The van der Waals surface area contributed by atoms with E-state index in [0.717, 1.165) is 44.9 Å². The van der Waals surface area contributed by atoms with Gasteiger partial charge in [0.1, 0.15) is 0 Å². The van der Waals surface area contributed by atoms with Crippen molar-refractivity contribution in [2.24, 2.45) is 11.8 Å². The van der Waals surface area contributed by atoms with Gasteiger partial charge in [0.15, 0.2) is 0 Å². The smallest absolute Gasteiger partial charge is 0.223 e. The molecule has 0 aliphatic heterocycles. The van der Waals surface area contributed by atoms with Gasteiger partial charge in [0.25, 0.3) is 0 Å². The number of carbonyl (C=O) groups excluding carboxylic acids is 2. The van der Waals surface area contributed by atoms with Crippen molar-refractivity contribution in [3.05, 3.63) is 60.2 Å². The van der Waals surface area contributed by atoms with Crippen LogP contribution >= 0.6 is 0 Å². The molecule has 0 bridgehead atoms. The Labute approximate surface area is 162 Å². The summed E-state index contributed by atoms with van der Waals surface area (Å²) in [5.41, 5.74) is 1.17. The van der Waals surface area contributed by atoms with E-state index in [-0.39, 0.29) is 29.7 Å². The van der Waals surface area contributed by atoms with Crippen LogP contribution in [-0.4, -0.2) is 24.4 Å². The predicted octanol–water partition coefficient (Wildman–Crippen LogP) is 3.54. The van der Waals surface area contributed by atoms with Crippen molar-refractivity contribution in [2.75, 3.05) is 6.54 Å². The Morgan fingerprint density at radius 3 is 2.11 bits per heavy atom. The molecule has 2 amide bonds. The molecule has 1 aromatic carbocycles. The number of amides is 2.